The number of carbonyl (C=O) groups excluding carboxylic acids is 1. The van der Waals surface area contributed by atoms with E-state index in [0.717, 1.165) is 12.8 Å². The van der Waals surface area contributed by atoms with E-state index < -0.39 is 29.6 Å². The van der Waals surface area contributed by atoms with E-state index in [-0.39, 0.29) is 12.0 Å². The first kappa shape index (κ1) is 14.3. The van der Waals surface area contributed by atoms with Crippen molar-refractivity contribution in [1.29, 1.82) is 0 Å². The topological polar surface area (TPSA) is 130 Å². The van der Waals surface area contributed by atoms with Crippen molar-refractivity contribution in [1.82, 2.24) is 10.1 Å². The summed E-state index contributed by atoms with van der Waals surface area (Å²) in [6.45, 7) is 0.380. The summed E-state index contributed by atoms with van der Waals surface area (Å²) >= 11 is 0. The zero-order valence-corrected chi connectivity index (χ0v) is 10.9. The molecule has 0 bridgehead atoms. The normalized spacial score (nSPS) is 20.6. The minimum Gasteiger partial charge on any atom is -0.480 e. The van der Waals surface area contributed by atoms with Gasteiger partial charge in [-0.3, -0.25) is 4.79 Å². The van der Waals surface area contributed by atoms with Crippen LogP contribution in [0.3, 0.4) is 0 Å². The number of piperidine rings is 1. The van der Waals surface area contributed by atoms with E-state index >= 15 is 0 Å². The van der Waals surface area contributed by atoms with Gasteiger partial charge in [0.05, 0.1) is 11.6 Å². The quantitative estimate of drug-likeness (QED) is 0.670. The van der Waals surface area contributed by atoms with Gasteiger partial charge < -0.3 is 20.3 Å². The second kappa shape index (κ2) is 5.91. The van der Waals surface area contributed by atoms with Gasteiger partial charge in [0.15, 0.2) is 0 Å². The van der Waals surface area contributed by atoms with Crippen molar-refractivity contribution in [2.45, 2.75) is 37.8 Å². The van der Waals surface area contributed by atoms with Gasteiger partial charge in [0.1, 0.15) is 6.04 Å². The highest BCUT2D eigenvalue weighted by Crippen LogP contribution is 2.18. The van der Waals surface area contributed by atoms with Crippen LogP contribution in [0.5, 0.6) is 0 Å². The molecule has 1 aromatic rings. The van der Waals surface area contributed by atoms with Gasteiger partial charge in [-0.2, -0.15) is 0 Å². The highest BCUT2D eigenvalue weighted by Gasteiger charge is 2.34. The monoisotopic (exact) mass is 283 g/mol. The molecule has 20 heavy (non-hydrogen) atoms. The molecule has 0 aromatic carbocycles. The van der Waals surface area contributed by atoms with Crippen LogP contribution in [0.1, 0.15) is 24.8 Å². The number of rotatable bonds is 4. The highest BCUT2D eigenvalue weighted by atomic mass is 16.5. The van der Waals surface area contributed by atoms with Crippen molar-refractivity contribution < 1.29 is 19.2 Å². The van der Waals surface area contributed by atoms with Crippen molar-refractivity contribution >= 4 is 11.9 Å². The molecule has 1 aromatic heterocycles. The van der Waals surface area contributed by atoms with Crippen LogP contribution in [-0.4, -0.2) is 45.7 Å². The molecule has 1 aliphatic heterocycles. The van der Waals surface area contributed by atoms with E-state index in [1.807, 2.05) is 0 Å². The summed E-state index contributed by atoms with van der Waals surface area (Å²) in [4.78, 5) is 36.0. The Labute approximate surface area is 114 Å². The lowest BCUT2D eigenvalue weighted by Gasteiger charge is -2.34. The second-order valence-electron chi connectivity index (χ2n) is 4.87. The Morgan fingerprint density at radius 2 is 2.30 bits per heavy atom. The average Bonchev–Trinajstić information content (AvgIpc) is 2.83. The lowest BCUT2D eigenvalue weighted by molar-refractivity contribution is -0.152. The fraction of sp³-hybridized carbons (Fsp3) is 0.583. The van der Waals surface area contributed by atoms with Crippen LogP contribution in [0.2, 0.25) is 0 Å². The van der Waals surface area contributed by atoms with Gasteiger partial charge in [0, 0.05) is 19.2 Å². The molecule has 8 heteroatoms. The molecule has 110 valence electrons. The number of nitrogens with two attached hydrogens (primary N) is 1. The van der Waals surface area contributed by atoms with E-state index in [1.165, 1.54) is 11.1 Å². The first-order chi connectivity index (χ1) is 9.50. The molecule has 0 unspecified atom stereocenters. The number of aliphatic carboxylic acids is 1. The number of H-pyrrole nitrogens is 1. The Hall–Kier alpha value is -2.09. The Bertz CT molecular complexity index is 549. The number of hydrogen-bond acceptors (Lipinski definition) is 5. The van der Waals surface area contributed by atoms with Gasteiger partial charge in [0.2, 0.25) is 5.91 Å². The minimum absolute atomic E-state index is 0.0213. The summed E-state index contributed by atoms with van der Waals surface area (Å²) < 4.78 is 4.49. The number of aromatic nitrogens is 1. The molecule has 8 nitrogen and oxygen atoms in total. The molecule has 1 fully saturated rings. The van der Waals surface area contributed by atoms with Crippen LogP contribution in [-0.2, 0) is 16.0 Å². The summed E-state index contributed by atoms with van der Waals surface area (Å²) in [5.41, 5.74) is 5.50. The molecule has 0 aliphatic carbocycles. The van der Waals surface area contributed by atoms with Crippen LogP contribution in [0, 0.1) is 0 Å². The smallest absolute Gasteiger partial charge is 0.360 e. The molecular formula is C12H17N3O5. The van der Waals surface area contributed by atoms with Crippen LogP contribution in [0.15, 0.2) is 15.5 Å². The molecule has 1 amide bonds. The number of nitrogens with zero attached hydrogens (tertiary/aromatic N) is 1. The number of aromatic amines is 1. The van der Waals surface area contributed by atoms with Crippen LogP contribution < -0.4 is 11.4 Å². The number of nitrogens with one attached hydrogen (secondary N) is 1. The zero-order valence-electron chi connectivity index (χ0n) is 10.9. The number of carbonyl (C=O) groups is 2. The molecule has 2 rings (SSSR count). The third kappa shape index (κ3) is 2.90. The van der Waals surface area contributed by atoms with Crippen LogP contribution in [0.4, 0.5) is 0 Å². The number of hydrogen-bond donors (Lipinski definition) is 3. The Balaban J connectivity index is 2.07. The van der Waals surface area contributed by atoms with Crippen LogP contribution in [0.25, 0.3) is 0 Å². The fourth-order valence-corrected chi connectivity index (χ4v) is 2.41. The third-order valence-electron chi connectivity index (χ3n) is 3.47. The summed E-state index contributed by atoms with van der Waals surface area (Å²) in [5, 5.41) is 11.4. The maximum Gasteiger partial charge on any atom is 0.360 e. The lowest BCUT2D eigenvalue weighted by Crippen LogP contribution is -2.54. The number of likely N-dealkylation sites (tertiary alicyclic amines) is 1. The van der Waals surface area contributed by atoms with Crippen LogP contribution >= 0.6 is 0 Å². The van der Waals surface area contributed by atoms with Gasteiger partial charge in [0.25, 0.3) is 0 Å². The SMILES string of the molecule is N[C@@H](Cc1c[nH]oc1=O)C(=O)N1CCCC[C@@H]1C(=O)O. The molecule has 2 heterocycles. The first-order valence-corrected chi connectivity index (χ1v) is 6.45. The first-order valence-electron chi connectivity index (χ1n) is 6.45. The molecule has 0 spiro atoms. The van der Waals surface area contributed by atoms with Gasteiger partial charge >= 0.3 is 11.6 Å². The fourth-order valence-electron chi connectivity index (χ4n) is 2.41. The number of carboxylic acid groups (broad SMARTS) is 1. The molecule has 2 atom stereocenters. The van der Waals surface area contributed by atoms with Crippen molar-refractivity contribution in [2.75, 3.05) is 6.54 Å². The standard InChI is InChI=1S/C12H17N3O5/c13-8(5-7-6-14-20-12(7)19)10(16)15-4-2-1-3-9(15)11(17)18/h6,8-9,14H,1-5,13H2,(H,17,18)/t8-,9+/m0/s1. The maximum absolute atomic E-state index is 12.2. The molecule has 0 saturated carbocycles. The Morgan fingerprint density at radius 1 is 1.55 bits per heavy atom. The zero-order chi connectivity index (χ0) is 14.7. The predicted octanol–water partition coefficient (Wildman–Crippen LogP) is -0.697. The predicted molar refractivity (Wildman–Crippen MR) is 68.0 cm³/mol. The van der Waals surface area contributed by atoms with Crippen molar-refractivity contribution in [3.63, 3.8) is 0 Å². The van der Waals surface area contributed by atoms with Gasteiger partial charge in [-0.1, -0.05) is 0 Å². The van der Waals surface area contributed by atoms with E-state index in [2.05, 4.69) is 9.68 Å². The van der Waals surface area contributed by atoms with E-state index in [1.54, 1.807) is 0 Å². The van der Waals surface area contributed by atoms with E-state index in [9.17, 15) is 14.4 Å². The summed E-state index contributed by atoms with van der Waals surface area (Å²) in [6, 6.07) is -1.78. The van der Waals surface area contributed by atoms with Gasteiger partial charge in [-0.05, 0) is 19.3 Å². The van der Waals surface area contributed by atoms with E-state index in [0.29, 0.717) is 13.0 Å². The van der Waals surface area contributed by atoms with Crippen molar-refractivity contribution in [3.05, 3.63) is 22.2 Å². The largest absolute Gasteiger partial charge is 0.480 e. The minimum atomic E-state index is -1.02. The number of amides is 1. The van der Waals surface area contributed by atoms with Gasteiger partial charge in [-0.25, -0.2) is 14.7 Å². The Kier molecular flexibility index (Phi) is 4.23. The highest BCUT2D eigenvalue weighted by molar-refractivity contribution is 5.87. The molecule has 1 saturated heterocycles. The molecule has 4 N–H and O–H groups in total. The summed E-state index contributed by atoms with van der Waals surface area (Å²) in [6.07, 6.45) is 3.33. The maximum atomic E-state index is 12.2. The van der Waals surface area contributed by atoms with Crippen molar-refractivity contribution in [3.8, 4) is 0 Å². The summed E-state index contributed by atoms with van der Waals surface area (Å²) in [5.74, 6) is -1.47. The van der Waals surface area contributed by atoms with Gasteiger partial charge in [-0.15, -0.1) is 0 Å². The molecule has 1 aliphatic rings. The Morgan fingerprint density at radius 3 is 2.90 bits per heavy atom. The van der Waals surface area contributed by atoms with E-state index in [4.69, 9.17) is 10.8 Å². The third-order valence-corrected chi connectivity index (χ3v) is 3.47. The second-order valence-corrected chi connectivity index (χ2v) is 4.87. The molecule has 0 radical (unpaired) electrons. The molecular weight excluding hydrogens is 266 g/mol. The lowest BCUT2D eigenvalue weighted by atomic mass is 10.00. The number of carboxylic acids is 1. The van der Waals surface area contributed by atoms with Crippen molar-refractivity contribution in [2.24, 2.45) is 5.73 Å². The average molecular weight is 283 g/mol. The summed E-state index contributed by atoms with van der Waals surface area (Å²) in [7, 11) is 0.